The quantitative estimate of drug-likeness (QED) is 0.648. The van der Waals surface area contributed by atoms with Crippen LogP contribution in [0.5, 0.6) is 0 Å². The van der Waals surface area contributed by atoms with Gasteiger partial charge in [-0.2, -0.15) is 8.42 Å². The van der Waals surface area contributed by atoms with E-state index in [4.69, 9.17) is 4.55 Å². The van der Waals surface area contributed by atoms with E-state index in [0.717, 1.165) is 5.56 Å². The highest BCUT2D eigenvalue weighted by atomic mass is 32.2. The van der Waals surface area contributed by atoms with E-state index in [0.29, 0.717) is 6.61 Å². The summed E-state index contributed by atoms with van der Waals surface area (Å²) in [5.41, 5.74) is 0.956. The topological polar surface area (TPSA) is 80.7 Å². The molecule has 1 aromatic rings. The molecule has 0 unspecified atom stereocenters. The molecule has 1 rings (SSSR count). The second kappa shape index (κ2) is 7.03. The molecule has 0 saturated carbocycles. The van der Waals surface area contributed by atoms with Gasteiger partial charge in [0.25, 0.3) is 10.1 Å². The van der Waals surface area contributed by atoms with E-state index in [2.05, 4.69) is 4.74 Å². The third kappa shape index (κ3) is 7.48. The fourth-order valence-electron chi connectivity index (χ4n) is 0.914. The maximum absolute atomic E-state index is 10.5. The Kier molecular flexibility index (Phi) is 6.45. The number of carbonyl (C=O) groups excluding carboxylic acids is 1. The molecule has 0 spiro atoms. The summed E-state index contributed by atoms with van der Waals surface area (Å²) in [6, 6.07) is 5.99. The number of hydrogen-bond donors (Lipinski definition) is 1. The lowest BCUT2D eigenvalue weighted by Crippen LogP contribution is -1.96. The van der Waals surface area contributed by atoms with Gasteiger partial charge in [0.15, 0.2) is 0 Å². The Labute approximate surface area is 101 Å². The number of hydrogen-bond acceptors (Lipinski definition) is 4. The molecule has 1 aromatic carbocycles. The van der Waals surface area contributed by atoms with Crippen LogP contribution in [0.15, 0.2) is 29.2 Å². The summed E-state index contributed by atoms with van der Waals surface area (Å²) >= 11 is 0. The van der Waals surface area contributed by atoms with Gasteiger partial charge in [0.1, 0.15) is 0 Å². The molecule has 0 heterocycles. The lowest BCUT2D eigenvalue weighted by Gasteiger charge is -1.95. The third-order valence-corrected chi connectivity index (χ3v) is 2.53. The molecule has 0 aliphatic heterocycles. The van der Waals surface area contributed by atoms with Crippen molar-refractivity contribution in [3.05, 3.63) is 29.8 Å². The van der Waals surface area contributed by atoms with Gasteiger partial charge in [-0.15, -0.1) is 0 Å². The van der Waals surface area contributed by atoms with Crippen molar-refractivity contribution in [2.45, 2.75) is 25.7 Å². The van der Waals surface area contributed by atoms with Crippen LogP contribution in [-0.4, -0.2) is 25.5 Å². The lowest BCUT2D eigenvalue weighted by molar-refractivity contribution is -0.140. The molecule has 6 heteroatoms. The number of ether oxygens (including phenoxy) is 1. The third-order valence-electron chi connectivity index (χ3n) is 1.67. The van der Waals surface area contributed by atoms with Crippen molar-refractivity contribution in [3.63, 3.8) is 0 Å². The lowest BCUT2D eigenvalue weighted by atomic mass is 10.2. The first-order valence-electron chi connectivity index (χ1n) is 4.95. The largest absolute Gasteiger partial charge is 0.466 e. The van der Waals surface area contributed by atoms with Crippen LogP contribution in [0.3, 0.4) is 0 Å². The van der Waals surface area contributed by atoms with Crippen LogP contribution in [0.4, 0.5) is 0 Å². The van der Waals surface area contributed by atoms with Crippen LogP contribution in [0, 0.1) is 6.92 Å². The summed E-state index contributed by atoms with van der Waals surface area (Å²) in [5.74, 6) is -0.211. The second-order valence-electron chi connectivity index (χ2n) is 3.21. The van der Waals surface area contributed by atoms with E-state index in [1.165, 1.54) is 19.1 Å². The Bertz CT molecular complexity index is 447. The number of carbonyl (C=O) groups is 1. The average Bonchev–Trinajstić information content (AvgIpc) is 2.17. The average molecular weight is 260 g/mol. The predicted octanol–water partition coefficient (Wildman–Crippen LogP) is 1.81. The summed E-state index contributed by atoms with van der Waals surface area (Å²) in [6.45, 7) is 5.49. The predicted molar refractivity (Wildman–Crippen MR) is 63.3 cm³/mol. The Hall–Kier alpha value is -1.40. The molecule has 0 aromatic heterocycles. The molecule has 17 heavy (non-hydrogen) atoms. The van der Waals surface area contributed by atoms with Crippen LogP contribution in [0.1, 0.15) is 19.4 Å². The summed E-state index contributed by atoms with van der Waals surface area (Å²) in [4.78, 5) is 9.75. The van der Waals surface area contributed by atoms with E-state index < -0.39 is 10.1 Å². The number of rotatable bonds is 2. The first-order chi connectivity index (χ1) is 7.77. The Morgan fingerprint density at radius 3 is 2.00 bits per heavy atom. The van der Waals surface area contributed by atoms with Gasteiger partial charge in [0, 0.05) is 6.92 Å². The fraction of sp³-hybridized carbons (Fsp3) is 0.364. The molecule has 0 amide bonds. The van der Waals surface area contributed by atoms with Crippen LogP contribution in [0.25, 0.3) is 0 Å². The van der Waals surface area contributed by atoms with Crippen molar-refractivity contribution in [1.82, 2.24) is 0 Å². The van der Waals surface area contributed by atoms with Crippen LogP contribution >= 0.6 is 0 Å². The molecular weight excluding hydrogens is 244 g/mol. The SMILES string of the molecule is CCOC(C)=O.Cc1ccc(S(=O)(=O)O)cc1. The van der Waals surface area contributed by atoms with Crippen molar-refractivity contribution in [1.29, 1.82) is 0 Å². The minimum absolute atomic E-state index is 0.0666. The zero-order chi connectivity index (χ0) is 13.5. The standard InChI is InChI=1S/C7H8O3S.C4H8O2/c1-6-2-4-7(5-3-6)11(8,9)10;1-3-6-4(2)5/h2-5H,1H3,(H,8,9,10);3H2,1-2H3. The van der Waals surface area contributed by atoms with Crippen molar-refractivity contribution in [3.8, 4) is 0 Å². The van der Waals surface area contributed by atoms with Crippen molar-refractivity contribution in [2.24, 2.45) is 0 Å². The molecule has 0 atom stereocenters. The van der Waals surface area contributed by atoms with Gasteiger partial charge in [0.05, 0.1) is 11.5 Å². The van der Waals surface area contributed by atoms with Gasteiger partial charge in [-0.25, -0.2) is 0 Å². The second-order valence-corrected chi connectivity index (χ2v) is 4.63. The first kappa shape index (κ1) is 15.6. The minimum Gasteiger partial charge on any atom is -0.466 e. The van der Waals surface area contributed by atoms with E-state index in [1.807, 2.05) is 6.92 Å². The van der Waals surface area contributed by atoms with Gasteiger partial charge < -0.3 is 4.74 Å². The van der Waals surface area contributed by atoms with Crippen LogP contribution in [-0.2, 0) is 19.6 Å². The molecule has 0 saturated heterocycles. The minimum atomic E-state index is -4.02. The highest BCUT2D eigenvalue weighted by molar-refractivity contribution is 7.85. The van der Waals surface area contributed by atoms with Gasteiger partial charge in [-0.1, -0.05) is 17.7 Å². The highest BCUT2D eigenvalue weighted by Gasteiger charge is 2.06. The molecule has 0 fully saturated rings. The van der Waals surface area contributed by atoms with E-state index in [1.54, 1.807) is 19.1 Å². The van der Waals surface area contributed by atoms with Crippen LogP contribution < -0.4 is 0 Å². The van der Waals surface area contributed by atoms with Gasteiger partial charge in [0.2, 0.25) is 0 Å². The smallest absolute Gasteiger partial charge is 0.302 e. The van der Waals surface area contributed by atoms with Crippen molar-refractivity contribution >= 4 is 16.1 Å². The van der Waals surface area contributed by atoms with E-state index in [9.17, 15) is 13.2 Å². The highest BCUT2D eigenvalue weighted by Crippen LogP contribution is 2.08. The molecule has 0 aliphatic rings. The molecular formula is C11H16O5S. The molecule has 0 radical (unpaired) electrons. The molecule has 1 N–H and O–H groups in total. The summed E-state index contributed by atoms with van der Waals surface area (Å²) in [6.07, 6.45) is 0. The molecule has 0 bridgehead atoms. The van der Waals surface area contributed by atoms with Crippen molar-refractivity contribution in [2.75, 3.05) is 6.61 Å². The van der Waals surface area contributed by atoms with E-state index in [-0.39, 0.29) is 10.9 Å². The fourth-order valence-corrected chi connectivity index (χ4v) is 1.39. The molecule has 5 nitrogen and oxygen atoms in total. The van der Waals surface area contributed by atoms with E-state index >= 15 is 0 Å². The Morgan fingerprint density at radius 2 is 1.76 bits per heavy atom. The number of benzene rings is 1. The van der Waals surface area contributed by atoms with Crippen molar-refractivity contribution < 1.29 is 22.5 Å². The summed E-state index contributed by atoms with van der Waals surface area (Å²) < 4.78 is 34.0. The summed E-state index contributed by atoms with van der Waals surface area (Å²) in [5, 5.41) is 0. The van der Waals surface area contributed by atoms with Gasteiger partial charge in [-0.05, 0) is 26.0 Å². The van der Waals surface area contributed by atoms with Crippen LogP contribution in [0.2, 0.25) is 0 Å². The zero-order valence-corrected chi connectivity index (χ0v) is 10.8. The monoisotopic (exact) mass is 260 g/mol. The maximum Gasteiger partial charge on any atom is 0.302 e. The van der Waals surface area contributed by atoms with Gasteiger partial charge in [-0.3, -0.25) is 9.35 Å². The molecule has 0 aliphatic carbocycles. The Morgan fingerprint density at radius 1 is 1.29 bits per heavy atom. The number of aryl methyl sites for hydroxylation is 1. The normalized spacial score (nSPS) is 10.1. The zero-order valence-electron chi connectivity index (χ0n) is 10.0. The molecule has 96 valence electrons. The number of esters is 1. The Balaban J connectivity index is 0.000000366. The maximum atomic E-state index is 10.5. The van der Waals surface area contributed by atoms with Gasteiger partial charge >= 0.3 is 5.97 Å². The summed E-state index contributed by atoms with van der Waals surface area (Å²) in [7, 11) is -4.02. The first-order valence-corrected chi connectivity index (χ1v) is 6.39.